The Hall–Kier alpha value is -3.02. The number of esters is 1. The predicted octanol–water partition coefficient (Wildman–Crippen LogP) is 2.11. The maximum Gasteiger partial charge on any atom is 0.331 e. The molecule has 0 aliphatic heterocycles. The number of hydrogen-bond acceptors (Lipinski definition) is 6. The van der Waals surface area contributed by atoms with Gasteiger partial charge in [-0.2, -0.15) is 0 Å². The van der Waals surface area contributed by atoms with Crippen molar-refractivity contribution in [1.82, 2.24) is 0 Å². The van der Waals surface area contributed by atoms with Crippen molar-refractivity contribution in [3.8, 4) is 11.5 Å². The summed E-state index contributed by atoms with van der Waals surface area (Å²) in [5.41, 5.74) is 0.222. The van der Waals surface area contributed by atoms with Crippen LogP contribution in [0.4, 0.5) is 0 Å². The average molecular weight is 302 g/mol. The van der Waals surface area contributed by atoms with Crippen LogP contribution in [0.1, 0.15) is 11.3 Å². The van der Waals surface area contributed by atoms with Gasteiger partial charge in [-0.3, -0.25) is 4.79 Å². The molecule has 0 atom stereocenters. The van der Waals surface area contributed by atoms with Crippen molar-refractivity contribution < 1.29 is 23.8 Å². The van der Waals surface area contributed by atoms with E-state index in [1.165, 1.54) is 6.08 Å². The van der Waals surface area contributed by atoms with Crippen molar-refractivity contribution in [2.45, 2.75) is 6.61 Å². The molecule has 2 aromatic rings. The zero-order valence-corrected chi connectivity index (χ0v) is 11.8. The Morgan fingerprint density at radius 3 is 2.68 bits per heavy atom. The van der Waals surface area contributed by atoms with Gasteiger partial charge < -0.3 is 19.0 Å². The maximum absolute atomic E-state index is 11.6. The summed E-state index contributed by atoms with van der Waals surface area (Å²) in [6.45, 7) is -0.193. The van der Waals surface area contributed by atoms with Crippen LogP contribution in [0, 0.1) is 0 Å². The Balaban J connectivity index is 1.90. The molecule has 0 aliphatic rings. The number of rotatable bonds is 5. The molecular weight excluding hydrogens is 288 g/mol. The van der Waals surface area contributed by atoms with Gasteiger partial charge in [0.1, 0.15) is 24.4 Å². The molecule has 1 aromatic heterocycles. The molecule has 1 N–H and O–H groups in total. The van der Waals surface area contributed by atoms with E-state index in [9.17, 15) is 9.59 Å². The average Bonchev–Trinajstić information content (AvgIpc) is 2.54. The van der Waals surface area contributed by atoms with Crippen LogP contribution in [0.2, 0.25) is 0 Å². The van der Waals surface area contributed by atoms with Gasteiger partial charge in [-0.05, 0) is 23.8 Å². The van der Waals surface area contributed by atoms with E-state index < -0.39 is 17.1 Å². The monoisotopic (exact) mass is 302 g/mol. The van der Waals surface area contributed by atoms with Crippen molar-refractivity contribution in [1.29, 1.82) is 0 Å². The summed E-state index contributed by atoms with van der Waals surface area (Å²) < 4.78 is 14.9. The highest BCUT2D eigenvalue weighted by atomic mass is 16.5. The zero-order chi connectivity index (χ0) is 15.9. The lowest BCUT2D eigenvalue weighted by molar-refractivity contribution is -0.139. The maximum atomic E-state index is 11.6. The summed E-state index contributed by atoms with van der Waals surface area (Å²) in [5, 5.41) is 9.03. The highest BCUT2D eigenvalue weighted by molar-refractivity contribution is 5.87. The number of benzene rings is 1. The summed E-state index contributed by atoms with van der Waals surface area (Å²) >= 11 is 0. The molecule has 0 unspecified atom stereocenters. The van der Waals surface area contributed by atoms with Crippen LogP contribution in [-0.2, 0) is 16.1 Å². The largest absolute Gasteiger partial charge is 0.502 e. The van der Waals surface area contributed by atoms with Crippen molar-refractivity contribution >= 4 is 12.0 Å². The number of ether oxygens (including phenoxy) is 2. The van der Waals surface area contributed by atoms with E-state index in [2.05, 4.69) is 0 Å². The first-order valence-corrected chi connectivity index (χ1v) is 6.38. The van der Waals surface area contributed by atoms with E-state index >= 15 is 0 Å². The van der Waals surface area contributed by atoms with Crippen LogP contribution in [0.15, 0.2) is 51.9 Å². The Kier molecular flexibility index (Phi) is 4.98. The van der Waals surface area contributed by atoms with Gasteiger partial charge in [-0.1, -0.05) is 12.1 Å². The fraction of sp³-hybridized carbons (Fsp3) is 0.125. The molecule has 6 heteroatoms. The van der Waals surface area contributed by atoms with Gasteiger partial charge in [0, 0.05) is 12.1 Å². The smallest absolute Gasteiger partial charge is 0.331 e. The SMILES string of the molecule is COc1ccc(/C=C/C(=O)OCc2cc(=O)c(O)co2)cc1. The van der Waals surface area contributed by atoms with Crippen LogP contribution < -0.4 is 10.2 Å². The van der Waals surface area contributed by atoms with Gasteiger partial charge in [-0.15, -0.1) is 0 Å². The van der Waals surface area contributed by atoms with Crippen LogP contribution in [0.3, 0.4) is 0 Å². The van der Waals surface area contributed by atoms with Gasteiger partial charge >= 0.3 is 5.97 Å². The summed E-state index contributed by atoms with van der Waals surface area (Å²) in [7, 11) is 1.57. The molecule has 0 amide bonds. The Labute approximate surface area is 126 Å². The van der Waals surface area contributed by atoms with E-state index in [-0.39, 0.29) is 12.4 Å². The molecule has 1 heterocycles. The Morgan fingerprint density at radius 1 is 1.32 bits per heavy atom. The molecule has 0 saturated carbocycles. The van der Waals surface area contributed by atoms with Crippen LogP contribution in [0.5, 0.6) is 11.5 Å². The van der Waals surface area contributed by atoms with E-state index in [1.807, 2.05) is 0 Å². The minimum Gasteiger partial charge on any atom is -0.502 e. The van der Waals surface area contributed by atoms with Gasteiger partial charge in [0.25, 0.3) is 0 Å². The summed E-state index contributed by atoms with van der Waals surface area (Å²) in [5.74, 6) is -0.197. The molecule has 1 aromatic carbocycles. The minimum atomic E-state index is -0.592. The van der Waals surface area contributed by atoms with E-state index in [1.54, 1.807) is 37.5 Å². The number of aromatic hydroxyl groups is 1. The van der Waals surface area contributed by atoms with Crippen LogP contribution in [-0.4, -0.2) is 18.2 Å². The van der Waals surface area contributed by atoms with Crippen molar-refractivity contribution in [3.63, 3.8) is 0 Å². The third-order valence-electron chi connectivity index (χ3n) is 2.75. The van der Waals surface area contributed by atoms with Gasteiger partial charge in [0.05, 0.1) is 7.11 Å². The summed E-state index contributed by atoms with van der Waals surface area (Å²) in [6.07, 6.45) is 3.76. The van der Waals surface area contributed by atoms with Gasteiger partial charge in [0.2, 0.25) is 5.43 Å². The summed E-state index contributed by atoms with van der Waals surface area (Å²) in [6, 6.07) is 8.20. The first kappa shape index (κ1) is 15.4. The fourth-order valence-corrected chi connectivity index (χ4v) is 1.59. The second-order valence-corrected chi connectivity index (χ2v) is 4.31. The highest BCUT2D eigenvalue weighted by Crippen LogP contribution is 2.12. The Bertz CT molecular complexity index is 727. The quantitative estimate of drug-likeness (QED) is 0.672. The lowest BCUT2D eigenvalue weighted by atomic mass is 10.2. The summed E-state index contributed by atoms with van der Waals surface area (Å²) in [4.78, 5) is 22.7. The van der Waals surface area contributed by atoms with E-state index in [4.69, 9.17) is 19.0 Å². The normalized spacial score (nSPS) is 10.6. The van der Waals surface area contributed by atoms with Crippen molar-refractivity contribution in [2.24, 2.45) is 0 Å². The molecule has 2 rings (SSSR count). The standard InChI is InChI=1S/C16H14O6/c1-20-12-5-2-11(3-6-12)4-7-16(19)22-9-13-8-14(17)15(18)10-21-13/h2-8,10,18H,9H2,1H3/b7-4+. The molecule has 0 saturated heterocycles. The first-order chi connectivity index (χ1) is 10.6. The molecule has 0 fully saturated rings. The fourth-order valence-electron chi connectivity index (χ4n) is 1.59. The third kappa shape index (κ3) is 4.24. The van der Waals surface area contributed by atoms with E-state index in [0.29, 0.717) is 0 Å². The Morgan fingerprint density at radius 2 is 2.05 bits per heavy atom. The third-order valence-corrected chi connectivity index (χ3v) is 2.75. The highest BCUT2D eigenvalue weighted by Gasteiger charge is 2.04. The second kappa shape index (κ2) is 7.12. The number of methoxy groups -OCH3 is 1. The number of hydrogen-bond donors (Lipinski definition) is 1. The molecule has 22 heavy (non-hydrogen) atoms. The molecule has 0 bridgehead atoms. The molecule has 6 nitrogen and oxygen atoms in total. The topological polar surface area (TPSA) is 86.0 Å². The molecule has 0 radical (unpaired) electrons. The lowest BCUT2D eigenvalue weighted by Gasteiger charge is -2.01. The van der Waals surface area contributed by atoms with E-state index in [0.717, 1.165) is 23.6 Å². The van der Waals surface area contributed by atoms with Crippen LogP contribution >= 0.6 is 0 Å². The molecule has 0 aliphatic carbocycles. The minimum absolute atomic E-state index is 0.147. The number of carbonyl (C=O) groups is 1. The zero-order valence-electron chi connectivity index (χ0n) is 11.8. The number of carbonyl (C=O) groups excluding carboxylic acids is 1. The first-order valence-electron chi connectivity index (χ1n) is 6.38. The van der Waals surface area contributed by atoms with Crippen LogP contribution in [0.25, 0.3) is 6.08 Å². The molecule has 114 valence electrons. The van der Waals surface area contributed by atoms with Crippen molar-refractivity contribution in [3.05, 3.63) is 64.2 Å². The predicted molar refractivity (Wildman–Crippen MR) is 78.5 cm³/mol. The lowest BCUT2D eigenvalue weighted by Crippen LogP contribution is -2.04. The molecule has 0 spiro atoms. The second-order valence-electron chi connectivity index (χ2n) is 4.31. The van der Waals surface area contributed by atoms with Crippen molar-refractivity contribution in [2.75, 3.05) is 7.11 Å². The molecular formula is C16H14O6. The van der Waals surface area contributed by atoms with Gasteiger partial charge in [-0.25, -0.2) is 4.79 Å². The van der Waals surface area contributed by atoms with Gasteiger partial charge in [0.15, 0.2) is 5.75 Å².